The summed E-state index contributed by atoms with van der Waals surface area (Å²) in [5.41, 5.74) is 1.26. The predicted molar refractivity (Wildman–Crippen MR) is 53.1 cm³/mol. The van der Waals surface area contributed by atoms with Crippen molar-refractivity contribution in [1.29, 1.82) is 0 Å². The highest BCUT2D eigenvalue weighted by molar-refractivity contribution is 5.00. The average Bonchev–Trinajstić information content (AvgIpc) is 1.96. The lowest BCUT2D eigenvalue weighted by molar-refractivity contribution is 0.284. The molecule has 2 nitrogen and oxygen atoms in total. The Bertz CT molecular complexity index is 163. The van der Waals surface area contributed by atoms with Crippen molar-refractivity contribution in [1.82, 2.24) is 10.2 Å². The molecule has 1 fully saturated rings. The van der Waals surface area contributed by atoms with Crippen LogP contribution in [0.4, 0.5) is 0 Å². The Morgan fingerprint density at radius 3 is 2.75 bits per heavy atom. The second-order valence-corrected chi connectivity index (χ2v) is 4.00. The first kappa shape index (κ1) is 9.59. The molecular weight excluding hydrogens is 148 g/mol. The number of piperidine rings is 1. The monoisotopic (exact) mass is 168 g/mol. The zero-order valence-corrected chi connectivity index (χ0v) is 8.43. The molecule has 0 aromatic rings. The third-order valence-electron chi connectivity index (χ3n) is 2.40. The minimum Gasteiger partial charge on any atom is -0.378 e. The predicted octanol–water partition coefficient (Wildman–Crippen LogP) is 1.59. The van der Waals surface area contributed by atoms with E-state index in [0.717, 1.165) is 13.0 Å². The highest BCUT2D eigenvalue weighted by Gasteiger charge is 2.18. The molecular formula is C10H20N2. The van der Waals surface area contributed by atoms with Crippen molar-refractivity contribution in [2.75, 3.05) is 13.6 Å². The van der Waals surface area contributed by atoms with Crippen molar-refractivity contribution >= 4 is 0 Å². The van der Waals surface area contributed by atoms with Crippen LogP contribution in [-0.2, 0) is 0 Å². The molecule has 1 aliphatic heterocycles. The molecule has 0 aromatic carbocycles. The fourth-order valence-corrected chi connectivity index (χ4v) is 1.66. The summed E-state index contributed by atoms with van der Waals surface area (Å²) < 4.78 is 0. The summed E-state index contributed by atoms with van der Waals surface area (Å²) in [6.45, 7) is 9.57. The molecule has 2 heteroatoms. The molecule has 0 bridgehead atoms. The Hall–Kier alpha value is -0.500. The van der Waals surface area contributed by atoms with Crippen LogP contribution in [0.3, 0.4) is 0 Å². The van der Waals surface area contributed by atoms with Gasteiger partial charge in [0, 0.05) is 37.8 Å². The molecule has 0 amide bonds. The van der Waals surface area contributed by atoms with E-state index in [2.05, 4.69) is 37.7 Å². The van der Waals surface area contributed by atoms with E-state index in [-0.39, 0.29) is 0 Å². The summed E-state index contributed by atoms with van der Waals surface area (Å²) in [6, 6.07) is 1.24. The minimum atomic E-state index is 0.589. The molecule has 0 aliphatic carbocycles. The van der Waals surface area contributed by atoms with Gasteiger partial charge in [0.25, 0.3) is 0 Å². The van der Waals surface area contributed by atoms with E-state index < -0.39 is 0 Å². The Morgan fingerprint density at radius 2 is 2.25 bits per heavy atom. The van der Waals surface area contributed by atoms with Gasteiger partial charge in [-0.1, -0.05) is 20.4 Å². The van der Waals surface area contributed by atoms with Gasteiger partial charge in [0.2, 0.25) is 0 Å². The summed E-state index contributed by atoms with van der Waals surface area (Å²) in [5.74, 6) is 0. The zero-order chi connectivity index (χ0) is 9.14. The molecule has 0 saturated carbocycles. The number of likely N-dealkylation sites (tertiary alicyclic amines) is 1. The number of hydrogen-bond acceptors (Lipinski definition) is 2. The summed E-state index contributed by atoms with van der Waals surface area (Å²) in [4.78, 5) is 2.25. The van der Waals surface area contributed by atoms with Crippen LogP contribution in [0.1, 0.15) is 26.7 Å². The van der Waals surface area contributed by atoms with Gasteiger partial charge in [0.05, 0.1) is 0 Å². The second kappa shape index (κ2) is 3.94. The molecule has 0 aromatic heterocycles. The normalized spacial score (nSPS) is 25.2. The highest BCUT2D eigenvalue weighted by atomic mass is 15.1. The number of nitrogens with one attached hydrogen (secondary N) is 1. The molecule has 1 heterocycles. The van der Waals surface area contributed by atoms with Crippen LogP contribution in [0.2, 0.25) is 0 Å². The maximum absolute atomic E-state index is 4.04. The third kappa shape index (κ3) is 2.52. The maximum atomic E-state index is 4.04. The Kier molecular flexibility index (Phi) is 3.15. The summed E-state index contributed by atoms with van der Waals surface area (Å²) in [5, 5.41) is 3.55. The van der Waals surface area contributed by atoms with Gasteiger partial charge >= 0.3 is 0 Å². The lowest BCUT2D eigenvalue weighted by Crippen LogP contribution is -2.42. The molecule has 70 valence electrons. The van der Waals surface area contributed by atoms with E-state index in [0.29, 0.717) is 12.1 Å². The van der Waals surface area contributed by atoms with E-state index in [1.165, 1.54) is 12.1 Å². The number of rotatable bonds is 2. The molecule has 0 spiro atoms. The largest absolute Gasteiger partial charge is 0.378 e. The highest BCUT2D eigenvalue weighted by Crippen LogP contribution is 2.17. The van der Waals surface area contributed by atoms with Crippen molar-refractivity contribution < 1.29 is 0 Å². The molecule has 12 heavy (non-hydrogen) atoms. The molecule has 1 aliphatic rings. The summed E-state index contributed by atoms with van der Waals surface area (Å²) in [6.07, 6.45) is 2.35. The first-order valence-electron chi connectivity index (χ1n) is 4.74. The Morgan fingerprint density at radius 1 is 1.58 bits per heavy atom. The average molecular weight is 168 g/mol. The second-order valence-electron chi connectivity index (χ2n) is 4.00. The minimum absolute atomic E-state index is 0.589. The van der Waals surface area contributed by atoms with Gasteiger partial charge in [-0.2, -0.15) is 0 Å². The summed E-state index contributed by atoms with van der Waals surface area (Å²) >= 11 is 0. The van der Waals surface area contributed by atoms with Gasteiger partial charge in [0.15, 0.2) is 0 Å². The molecule has 1 unspecified atom stereocenters. The molecule has 1 rings (SSSR count). The van der Waals surface area contributed by atoms with Gasteiger partial charge in [-0.3, -0.25) is 0 Å². The molecule has 1 atom stereocenters. The van der Waals surface area contributed by atoms with E-state index in [4.69, 9.17) is 0 Å². The molecule has 0 radical (unpaired) electrons. The van der Waals surface area contributed by atoms with Crippen LogP contribution in [0.25, 0.3) is 0 Å². The van der Waals surface area contributed by atoms with E-state index in [1.807, 2.05) is 0 Å². The van der Waals surface area contributed by atoms with Crippen molar-refractivity contribution in [3.63, 3.8) is 0 Å². The van der Waals surface area contributed by atoms with Crippen molar-refractivity contribution in [2.24, 2.45) is 0 Å². The Labute approximate surface area is 75.6 Å². The van der Waals surface area contributed by atoms with Crippen LogP contribution in [0.15, 0.2) is 12.3 Å². The lowest BCUT2D eigenvalue weighted by atomic mass is 10.0. The SMILES string of the molecule is C=C1CC(NC(C)C)CCN1C. The molecule has 1 N–H and O–H groups in total. The van der Waals surface area contributed by atoms with Crippen LogP contribution in [0, 0.1) is 0 Å². The van der Waals surface area contributed by atoms with Crippen LogP contribution >= 0.6 is 0 Å². The van der Waals surface area contributed by atoms with Crippen LogP contribution in [0.5, 0.6) is 0 Å². The maximum Gasteiger partial charge on any atom is 0.0186 e. The van der Waals surface area contributed by atoms with E-state index >= 15 is 0 Å². The quantitative estimate of drug-likeness (QED) is 0.673. The van der Waals surface area contributed by atoms with Gasteiger partial charge in [-0.05, 0) is 6.42 Å². The standard InChI is InChI=1S/C10H20N2/c1-8(2)11-10-5-6-12(4)9(3)7-10/h8,10-11H,3,5-7H2,1-2,4H3. The van der Waals surface area contributed by atoms with Crippen LogP contribution in [-0.4, -0.2) is 30.6 Å². The van der Waals surface area contributed by atoms with Gasteiger partial charge in [0.1, 0.15) is 0 Å². The third-order valence-corrected chi connectivity index (χ3v) is 2.40. The van der Waals surface area contributed by atoms with Gasteiger partial charge in [-0.25, -0.2) is 0 Å². The topological polar surface area (TPSA) is 15.3 Å². The van der Waals surface area contributed by atoms with Gasteiger partial charge in [-0.15, -0.1) is 0 Å². The molecule has 1 saturated heterocycles. The Balaban J connectivity index is 2.35. The lowest BCUT2D eigenvalue weighted by Gasteiger charge is -2.33. The zero-order valence-electron chi connectivity index (χ0n) is 8.43. The van der Waals surface area contributed by atoms with E-state index in [1.54, 1.807) is 0 Å². The van der Waals surface area contributed by atoms with E-state index in [9.17, 15) is 0 Å². The van der Waals surface area contributed by atoms with Crippen molar-refractivity contribution in [3.05, 3.63) is 12.3 Å². The number of hydrogen-bond donors (Lipinski definition) is 1. The van der Waals surface area contributed by atoms with Crippen molar-refractivity contribution in [2.45, 2.75) is 38.8 Å². The number of nitrogens with zero attached hydrogens (tertiary/aromatic N) is 1. The van der Waals surface area contributed by atoms with Crippen LogP contribution < -0.4 is 5.32 Å². The fraction of sp³-hybridized carbons (Fsp3) is 0.800. The smallest absolute Gasteiger partial charge is 0.0186 e. The fourth-order valence-electron chi connectivity index (χ4n) is 1.66. The summed E-state index contributed by atoms with van der Waals surface area (Å²) in [7, 11) is 2.12. The van der Waals surface area contributed by atoms with Crippen molar-refractivity contribution in [3.8, 4) is 0 Å². The van der Waals surface area contributed by atoms with Gasteiger partial charge < -0.3 is 10.2 Å². The first-order chi connectivity index (χ1) is 5.59. The first-order valence-corrected chi connectivity index (χ1v) is 4.74.